The fourth-order valence-corrected chi connectivity index (χ4v) is 6.67. The summed E-state index contributed by atoms with van der Waals surface area (Å²) in [6.07, 6.45) is 0. The summed E-state index contributed by atoms with van der Waals surface area (Å²) in [4.78, 5) is 47.7. The van der Waals surface area contributed by atoms with Crippen LogP contribution in [-0.2, 0) is 19.2 Å². The molecule has 0 spiro atoms. The van der Waals surface area contributed by atoms with Crippen LogP contribution >= 0.6 is 34.9 Å². The maximum Gasteiger partial charge on any atom is 1.00 e. The number of thiazole rings is 1. The predicted octanol–water partition coefficient (Wildman–Crippen LogP) is -3.26. The van der Waals surface area contributed by atoms with Gasteiger partial charge in [0.15, 0.2) is 22.3 Å². The molecule has 41 heavy (non-hydrogen) atoms. The van der Waals surface area contributed by atoms with E-state index in [1.54, 1.807) is 0 Å². The second kappa shape index (κ2) is 12.7. The second-order valence-corrected chi connectivity index (χ2v) is 11.1. The number of nitrogen functional groups attached to an aromatic ring is 1. The number of hydrogen-bond donors (Lipinski definition) is 4. The number of carbonyl (C=O) groups is 3. The van der Waals surface area contributed by atoms with Crippen LogP contribution in [0.3, 0.4) is 0 Å². The molecule has 0 unspecified atom stereocenters. The van der Waals surface area contributed by atoms with Crippen LogP contribution in [0.4, 0.5) is 5.13 Å². The number of aromatic nitrogens is 3. The Kier molecular flexibility index (Phi) is 9.50. The summed E-state index contributed by atoms with van der Waals surface area (Å²) in [5.41, 5.74) is 6.10. The minimum atomic E-state index is -1.54. The third-order valence-corrected chi connectivity index (χ3v) is 8.61. The SMILES string of the molecule is CO/N=C(\C(=O)N[C@@H]1C(=O)N2C(C(=O)[O-])=C(CSc3nnc(-c4ccc(O)c(O)c4)o3)CS[C@H]12)c1csc(N)n1.[Na+]. The van der Waals surface area contributed by atoms with Crippen LogP contribution in [0.15, 0.2) is 49.6 Å². The zero-order chi connectivity index (χ0) is 28.6. The van der Waals surface area contributed by atoms with Gasteiger partial charge in [-0.2, -0.15) is 0 Å². The number of carboxylic acid groups (broad SMARTS) is 1. The normalized spacial score (nSPS) is 18.3. The molecule has 0 saturated carbocycles. The van der Waals surface area contributed by atoms with Gasteiger partial charge in [-0.25, -0.2) is 4.98 Å². The Morgan fingerprint density at radius 3 is 2.78 bits per heavy atom. The minimum Gasteiger partial charge on any atom is -0.543 e. The third kappa shape index (κ3) is 6.16. The Labute approximate surface area is 265 Å². The van der Waals surface area contributed by atoms with Crippen LogP contribution in [0.5, 0.6) is 11.5 Å². The van der Waals surface area contributed by atoms with Gasteiger partial charge in [-0.1, -0.05) is 16.9 Å². The van der Waals surface area contributed by atoms with E-state index < -0.39 is 29.2 Å². The molecule has 3 aromatic rings. The largest absolute Gasteiger partial charge is 1.00 e. The van der Waals surface area contributed by atoms with Crippen molar-refractivity contribution in [3.8, 4) is 23.0 Å². The molecule has 19 heteroatoms. The number of aliphatic carboxylic acids is 1. The maximum absolute atomic E-state index is 13.0. The molecule has 1 aromatic carbocycles. The van der Waals surface area contributed by atoms with Gasteiger partial charge in [0, 0.05) is 22.4 Å². The summed E-state index contributed by atoms with van der Waals surface area (Å²) in [6, 6.07) is 2.99. The fourth-order valence-electron chi connectivity index (χ4n) is 3.87. The number of phenolic OH excluding ortho intramolecular Hbond substituents is 2. The summed E-state index contributed by atoms with van der Waals surface area (Å²) < 4.78 is 5.57. The molecule has 5 rings (SSSR count). The number of amides is 2. The number of β-lactam (4-membered cyclic amide) rings is 1. The molecular formula is C22H18N7NaO8S3. The van der Waals surface area contributed by atoms with E-state index in [1.165, 1.54) is 42.5 Å². The van der Waals surface area contributed by atoms with Crippen LogP contribution in [0.25, 0.3) is 11.5 Å². The first-order valence-corrected chi connectivity index (χ1v) is 14.1. The van der Waals surface area contributed by atoms with E-state index in [-0.39, 0.29) is 85.9 Å². The smallest absolute Gasteiger partial charge is 0.543 e. The molecule has 1 fully saturated rings. The number of nitrogens with one attached hydrogen (secondary N) is 1. The van der Waals surface area contributed by atoms with Crippen molar-refractivity contribution >= 4 is 63.5 Å². The zero-order valence-corrected chi connectivity index (χ0v) is 25.7. The number of oxime groups is 1. The van der Waals surface area contributed by atoms with Crippen molar-refractivity contribution in [2.24, 2.45) is 5.16 Å². The molecule has 0 radical (unpaired) electrons. The fraction of sp³-hybridized carbons (Fsp3) is 0.227. The van der Waals surface area contributed by atoms with E-state index in [9.17, 15) is 29.7 Å². The van der Waals surface area contributed by atoms with Crippen molar-refractivity contribution in [2.75, 3.05) is 24.3 Å². The maximum atomic E-state index is 13.0. The van der Waals surface area contributed by atoms with E-state index in [0.717, 1.165) is 28.0 Å². The summed E-state index contributed by atoms with van der Waals surface area (Å²) >= 11 is 3.42. The third-order valence-electron chi connectivity index (χ3n) is 5.69. The van der Waals surface area contributed by atoms with Crippen molar-refractivity contribution in [1.82, 2.24) is 25.4 Å². The quantitative estimate of drug-likeness (QED) is 0.0456. The van der Waals surface area contributed by atoms with Gasteiger partial charge in [0.25, 0.3) is 17.0 Å². The van der Waals surface area contributed by atoms with Crippen LogP contribution in [0.2, 0.25) is 0 Å². The number of carbonyl (C=O) groups excluding carboxylic acids is 3. The molecule has 2 aliphatic rings. The van der Waals surface area contributed by atoms with Crippen molar-refractivity contribution in [3.63, 3.8) is 0 Å². The van der Waals surface area contributed by atoms with Gasteiger partial charge in [-0.05, 0) is 23.8 Å². The number of nitrogens with zero attached hydrogens (tertiary/aromatic N) is 5. The van der Waals surface area contributed by atoms with Gasteiger partial charge < -0.3 is 40.4 Å². The number of anilines is 1. The van der Waals surface area contributed by atoms with Crippen LogP contribution < -0.4 is 45.7 Å². The molecule has 5 N–H and O–H groups in total. The van der Waals surface area contributed by atoms with Crippen molar-refractivity contribution in [3.05, 3.63) is 40.5 Å². The summed E-state index contributed by atoms with van der Waals surface area (Å²) in [6.45, 7) is 0. The average molecular weight is 628 g/mol. The van der Waals surface area contributed by atoms with Crippen LogP contribution in [0, 0.1) is 0 Å². The van der Waals surface area contributed by atoms with E-state index >= 15 is 0 Å². The second-order valence-electron chi connectivity index (χ2n) is 8.16. The number of fused-ring (bicyclic) bond motifs is 1. The average Bonchev–Trinajstić information content (AvgIpc) is 3.59. The molecule has 2 amide bonds. The molecular weight excluding hydrogens is 609 g/mol. The van der Waals surface area contributed by atoms with Crippen LogP contribution in [0.1, 0.15) is 5.69 Å². The van der Waals surface area contributed by atoms with Gasteiger partial charge >= 0.3 is 29.6 Å². The van der Waals surface area contributed by atoms with E-state index in [1.807, 2.05) is 0 Å². The van der Waals surface area contributed by atoms with Gasteiger partial charge in [-0.15, -0.1) is 33.3 Å². The number of benzene rings is 1. The van der Waals surface area contributed by atoms with Crippen molar-refractivity contribution < 1.29 is 68.5 Å². The molecule has 4 heterocycles. The Morgan fingerprint density at radius 2 is 2.12 bits per heavy atom. The molecule has 208 valence electrons. The number of hydrogen-bond acceptors (Lipinski definition) is 16. The van der Waals surface area contributed by atoms with Gasteiger partial charge in [0.2, 0.25) is 5.89 Å². The first kappa shape index (κ1) is 30.7. The first-order chi connectivity index (χ1) is 19.2. The van der Waals surface area contributed by atoms with Crippen LogP contribution in [-0.4, -0.2) is 83.8 Å². The molecule has 2 aliphatic heterocycles. The summed E-state index contributed by atoms with van der Waals surface area (Å²) in [5, 5.41) is 46.4. The van der Waals surface area contributed by atoms with E-state index in [0.29, 0.717) is 11.1 Å². The topological polar surface area (TPSA) is 229 Å². The number of nitrogens with two attached hydrogens (primary N) is 1. The molecule has 1 saturated heterocycles. The number of rotatable bonds is 9. The van der Waals surface area contributed by atoms with Gasteiger partial charge in [-0.3, -0.25) is 14.5 Å². The first-order valence-electron chi connectivity index (χ1n) is 11.2. The Balaban J connectivity index is 0.00000387. The Hall–Kier alpha value is -3.29. The number of thioether (sulfide) groups is 2. The van der Waals surface area contributed by atoms with Crippen molar-refractivity contribution in [2.45, 2.75) is 16.6 Å². The van der Waals surface area contributed by atoms with E-state index in [4.69, 9.17) is 15.0 Å². The van der Waals surface area contributed by atoms with Gasteiger partial charge in [0.1, 0.15) is 24.2 Å². The molecule has 2 atom stereocenters. The molecule has 2 aromatic heterocycles. The zero-order valence-electron chi connectivity index (χ0n) is 21.3. The monoisotopic (exact) mass is 627 g/mol. The van der Waals surface area contributed by atoms with Gasteiger partial charge in [0.05, 0.1) is 11.7 Å². The summed E-state index contributed by atoms with van der Waals surface area (Å²) in [5.74, 6) is -3.15. The Bertz CT molecular complexity index is 1580. The molecule has 0 aliphatic carbocycles. The Morgan fingerprint density at radius 1 is 1.34 bits per heavy atom. The number of aromatic hydroxyl groups is 2. The minimum absolute atomic E-state index is 0. The predicted molar refractivity (Wildman–Crippen MR) is 141 cm³/mol. The number of carboxylic acids is 1. The van der Waals surface area contributed by atoms with E-state index in [2.05, 4.69) is 25.7 Å². The number of phenols is 2. The standard InChI is InChI=1S/C22H19N7O8S3.Na/c1-36-28-13(10-7-39-21(23)24-10)16(32)25-14-18(33)29-15(20(34)35)9(5-38-19(14)29)6-40-22-27-26-17(37-22)8-2-3-11(30)12(31)4-8;/h2-4,7,14,19,30-31H,5-6H2,1H3,(H2,23,24)(H,25,32)(H,34,35);/q;+1/p-1/b28-13-;/t14-,19-;/m1./s1. The summed E-state index contributed by atoms with van der Waals surface area (Å²) in [7, 11) is 1.25. The van der Waals surface area contributed by atoms with Crippen molar-refractivity contribution in [1.29, 1.82) is 0 Å². The molecule has 0 bridgehead atoms. The molecule has 15 nitrogen and oxygen atoms in total.